The maximum atomic E-state index is 11.6. The zero-order chi connectivity index (χ0) is 17.8. The number of carboxylic acids is 2. The van der Waals surface area contributed by atoms with Crippen LogP contribution in [0.5, 0.6) is 0 Å². The summed E-state index contributed by atoms with van der Waals surface area (Å²) in [4.78, 5) is 54.7. The Morgan fingerprint density at radius 3 is 2.13 bits per heavy atom. The molecule has 0 aromatic heterocycles. The molecule has 5 N–H and O–H groups in total. The molecule has 0 bridgehead atoms. The van der Waals surface area contributed by atoms with Gasteiger partial charge in [-0.05, 0) is 19.3 Å². The van der Waals surface area contributed by atoms with Gasteiger partial charge >= 0.3 is 17.8 Å². The maximum Gasteiger partial charge on any atom is 0.394 e. The van der Waals surface area contributed by atoms with Gasteiger partial charge in [0.15, 0.2) is 0 Å². The third-order valence-corrected chi connectivity index (χ3v) is 2.88. The molecule has 0 fully saturated rings. The Kier molecular flexibility index (Phi) is 9.72. The van der Waals surface area contributed by atoms with E-state index in [1.807, 2.05) is 0 Å². The number of rotatable bonds is 10. The Hall–Kier alpha value is -2.65. The highest BCUT2D eigenvalue weighted by molar-refractivity contribution is 6.31. The van der Waals surface area contributed by atoms with E-state index in [1.165, 1.54) is 7.05 Å². The van der Waals surface area contributed by atoms with Crippen molar-refractivity contribution >= 4 is 29.7 Å². The normalized spacial score (nSPS) is 11.2. The molecule has 23 heavy (non-hydrogen) atoms. The quantitative estimate of drug-likeness (QED) is 0.239. The Bertz CT molecular complexity index is 464. The molecule has 0 aromatic carbocycles. The van der Waals surface area contributed by atoms with Crippen molar-refractivity contribution in [2.75, 3.05) is 13.6 Å². The zero-order valence-corrected chi connectivity index (χ0v) is 12.8. The van der Waals surface area contributed by atoms with Crippen molar-refractivity contribution in [1.29, 1.82) is 0 Å². The smallest absolute Gasteiger partial charge is 0.394 e. The summed E-state index contributed by atoms with van der Waals surface area (Å²) in [7, 11) is 1.43. The molecule has 0 heterocycles. The summed E-state index contributed by atoms with van der Waals surface area (Å²) in [6.07, 6.45) is 0.729. The molecule has 0 radical (unpaired) electrons. The van der Waals surface area contributed by atoms with E-state index in [4.69, 9.17) is 10.2 Å². The first-order valence-electron chi connectivity index (χ1n) is 7.01. The number of carbonyl (C=O) groups excluding carboxylic acids is 3. The largest absolute Gasteiger partial charge is 0.480 e. The molecule has 0 aliphatic carbocycles. The first-order chi connectivity index (χ1) is 10.8. The molecule has 0 rings (SSSR count). The number of hydrogen-bond donors (Lipinski definition) is 5. The van der Waals surface area contributed by atoms with Gasteiger partial charge in [-0.15, -0.1) is 0 Å². The molecule has 0 saturated heterocycles. The minimum absolute atomic E-state index is 0.0184. The minimum atomic E-state index is -1.58. The van der Waals surface area contributed by atoms with Crippen molar-refractivity contribution in [2.45, 2.75) is 38.1 Å². The first-order valence-corrected chi connectivity index (χ1v) is 7.01. The van der Waals surface area contributed by atoms with Crippen LogP contribution in [-0.2, 0) is 24.0 Å². The van der Waals surface area contributed by atoms with Crippen LogP contribution in [0.15, 0.2) is 0 Å². The van der Waals surface area contributed by atoms with Crippen LogP contribution in [0.2, 0.25) is 0 Å². The van der Waals surface area contributed by atoms with Crippen molar-refractivity contribution in [3.8, 4) is 0 Å². The Morgan fingerprint density at radius 2 is 1.61 bits per heavy atom. The number of amides is 3. The van der Waals surface area contributed by atoms with Gasteiger partial charge in [0.2, 0.25) is 11.8 Å². The second-order valence-electron chi connectivity index (χ2n) is 4.69. The van der Waals surface area contributed by atoms with Gasteiger partial charge in [-0.25, -0.2) is 9.59 Å². The number of carboxylic acid groups (broad SMARTS) is 2. The molecule has 10 heteroatoms. The summed E-state index contributed by atoms with van der Waals surface area (Å²) < 4.78 is 0. The molecule has 0 aliphatic heterocycles. The predicted octanol–water partition coefficient (Wildman–Crippen LogP) is -1.55. The number of nitrogens with one attached hydrogen (secondary N) is 3. The number of carbonyl (C=O) groups is 5. The monoisotopic (exact) mass is 331 g/mol. The Labute approximate surface area is 132 Å². The molecule has 3 amide bonds. The van der Waals surface area contributed by atoms with Crippen LogP contribution in [0.3, 0.4) is 0 Å². The molecule has 0 aromatic rings. The molecule has 0 aliphatic rings. The van der Waals surface area contributed by atoms with Crippen LogP contribution >= 0.6 is 0 Å². The van der Waals surface area contributed by atoms with E-state index in [0.29, 0.717) is 12.8 Å². The topological polar surface area (TPSA) is 162 Å². The molecule has 0 saturated carbocycles. The summed E-state index contributed by atoms with van der Waals surface area (Å²) in [6, 6.07) is -1.15. The van der Waals surface area contributed by atoms with Crippen molar-refractivity contribution < 1.29 is 34.2 Å². The SMILES string of the molecule is CNC(=O)CC[C@H](NC(=O)CCCCNC(=O)C(=O)O)C(=O)O. The fourth-order valence-electron chi connectivity index (χ4n) is 1.61. The van der Waals surface area contributed by atoms with E-state index in [2.05, 4.69) is 16.0 Å². The second kappa shape index (κ2) is 11.0. The lowest BCUT2D eigenvalue weighted by atomic mass is 10.1. The van der Waals surface area contributed by atoms with Gasteiger partial charge in [0.25, 0.3) is 0 Å². The third kappa shape index (κ3) is 9.82. The minimum Gasteiger partial charge on any atom is -0.480 e. The average Bonchev–Trinajstić information content (AvgIpc) is 2.49. The zero-order valence-electron chi connectivity index (χ0n) is 12.8. The number of aliphatic carboxylic acids is 2. The van der Waals surface area contributed by atoms with Gasteiger partial charge in [-0.3, -0.25) is 14.4 Å². The van der Waals surface area contributed by atoms with Gasteiger partial charge < -0.3 is 26.2 Å². The van der Waals surface area contributed by atoms with Crippen molar-refractivity contribution in [3.63, 3.8) is 0 Å². The summed E-state index contributed by atoms with van der Waals surface area (Å²) in [5, 5.41) is 24.1. The summed E-state index contributed by atoms with van der Waals surface area (Å²) >= 11 is 0. The number of unbranched alkanes of at least 4 members (excludes halogenated alkanes) is 1. The standard InChI is InChI=1S/C13H21N3O7/c1-14-9(17)6-5-8(12(20)21)16-10(18)4-2-3-7-15-11(19)13(22)23/h8H,2-7H2,1H3,(H,14,17)(H,15,19)(H,16,18)(H,20,21)(H,22,23)/t8-/m0/s1. The second-order valence-corrected chi connectivity index (χ2v) is 4.69. The van der Waals surface area contributed by atoms with Crippen molar-refractivity contribution in [2.24, 2.45) is 0 Å². The lowest BCUT2D eigenvalue weighted by molar-refractivity contribution is -0.150. The van der Waals surface area contributed by atoms with E-state index in [0.717, 1.165) is 0 Å². The molecule has 10 nitrogen and oxygen atoms in total. The molecule has 130 valence electrons. The molecule has 0 unspecified atom stereocenters. The van der Waals surface area contributed by atoms with Crippen LogP contribution in [0.4, 0.5) is 0 Å². The van der Waals surface area contributed by atoms with Crippen molar-refractivity contribution in [1.82, 2.24) is 16.0 Å². The highest BCUT2D eigenvalue weighted by Crippen LogP contribution is 2.01. The van der Waals surface area contributed by atoms with Crippen LogP contribution in [0.1, 0.15) is 32.1 Å². The van der Waals surface area contributed by atoms with Crippen LogP contribution in [0, 0.1) is 0 Å². The Morgan fingerprint density at radius 1 is 0.957 bits per heavy atom. The summed E-state index contributed by atoms with van der Waals surface area (Å²) in [5.41, 5.74) is 0. The first kappa shape index (κ1) is 20.3. The number of hydrogen-bond acceptors (Lipinski definition) is 5. The van der Waals surface area contributed by atoms with Crippen LogP contribution in [-0.4, -0.2) is 59.5 Å². The lowest BCUT2D eigenvalue weighted by Gasteiger charge is -2.14. The van der Waals surface area contributed by atoms with Gasteiger partial charge in [0, 0.05) is 26.4 Å². The molecule has 1 atom stereocenters. The van der Waals surface area contributed by atoms with E-state index < -0.39 is 29.8 Å². The highest BCUT2D eigenvalue weighted by Gasteiger charge is 2.20. The summed E-state index contributed by atoms with van der Waals surface area (Å²) in [6.45, 7) is 0.109. The molecule has 0 spiro atoms. The van der Waals surface area contributed by atoms with Gasteiger partial charge in [-0.2, -0.15) is 0 Å². The Balaban J connectivity index is 4.00. The summed E-state index contributed by atoms with van der Waals surface area (Å²) in [5.74, 6) is -4.73. The highest BCUT2D eigenvalue weighted by atomic mass is 16.4. The molecular weight excluding hydrogens is 310 g/mol. The van der Waals surface area contributed by atoms with Crippen LogP contribution in [0.25, 0.3) is 0 Å². The van der Waals surface area contributed by atoms with E-state index in [-0.39, 0.29) is 31.7 Å². The lowest BCUT2D eigenvalue weighted by Crippen LogP contribution is -2.41. The van der Waals surface area contributed by atoms with Gasteiger partial charge in [-0.1, -0.05) is 0 Å². The van der Waals surface area contributed by atoms with E-state index >= 15 is 0 Å². The van der Waals surface area contributed by atoms with E-state index in [1.54, 1.807) is 0 Å². The van der Waals surface area contributed by atoms with Crippen molar-refractivity contribution in [3.05, 3.63) is 0 Å². The third-order valence-electron chi connectivity index (χ3n) is 2.88. The predicted molar refractivity (Wildman–Crippen MR) is 77.4 cm³/mol. The maximum absolute atomic E-state index is 11.6. The van der Waals surface area contributed by atoms with Gasteiger partial charge in [0.1, 0.15) is 6.04 Å². The average molecular weight is 331 g/mol. The van der Waals surface area contributed by atoms with Gasteiger partial charge in [0.05, 0.1) is 0 Å². The fourth-order valence-corrected chi connectivity index (χ4v) is 1.61. The van der Waals surface area contributed by atoms with E-state index in [9.17, 15) is 24.0 Å². The fraction of sp³-hybridized carbons (Fsp3) is 0.615. The van der Waals surface area contributed by atoms with Crippen LogP contribution < -0.4 is 16.0 Å². The molecular formula is C13H21N3O7.